The quantitative estimate of drug-likeness (QED) is 0.893. The molecule has 1 heterocycles. The summed E-state index contributed by atoms with van der Waals surface area (Å²) in [6.45, 7) is 1.90. The molecule has 0 radical (unpaired) electrons. The first-order chi connectivity index (χ1) is 8.97. The van der Waals surface area contributed by atoms with Crippen molar-refractivity contribution in [1.29, 1.82) is 0 Å². The lowest BCUT2D eigenvalue weighted by molar-refractivity contribution is 0.0691. The Morgan fingerprint density at radius 1 is 1.21 bits per heavy atom. The van der Waals surface area contributed by atoms with E-state index in [-0.39, 0.29) is 10.7 Å². The first kappa shape index (κ1) is 13.6. The lowest BCUT2D eigenvalue weighted by Gasteiger charge is -2.08. The van der Waals surface area contributed by atoms with E-state index in [0.29, 0.717) is 10.8 Å². The second-order valence-corrected chi connectivity index (χ2v) is 4.74. The molecule has 1 aromatic carbocycles. The Morgan fingerprint density at radius 3 is 2.58 bits per heavy atom. The summed E-state index contributed by atoms with van der Waals surface area (Å²) in [5.41, 5.74) is 1.49. The van der Waals surface area contributed by atoms with Gasteiger partial charge in [0, 0.05) is 10.7 Å². The monoisotopic (exact) mass is 296 g/mol. The third kappa shape index (κ3) is 3.16. The zero-order valence-electron chi connectivity index (χ0n) is 9.95. The second-order valence-electron chi connectivity index (χ2n) is 3.92. The minimum Gasteiger partial charge on any atom is -0.476 e. The normalized spacial score (nSPS) is 10.3. The highest BCUT2D eigenvalue weighted by atomic mass is 35.5. The third-order valence-electron chi connectivity index (χ3n) is 2.49. The van der Waals surface area contributed by atoms with Crippen LogP contribution in [0.15, 0.2) is 30.3 Å². The number of hydrogen-bond acceptors (Lipinski definition) is 3. The first-order valence-corrected chi connectivity index (χ1v) is 6.16. The Morgan fingerprint density at radius 2 is 1.95 bits per heavy atom. The van der Waals surface area contributed by atoms with Crippen molar-refractivity contribution in [2.75, 3.05) is 5.32 Å². The number of rotatable bonds is 3. The van der Waals surface area contributed by atoms with Gasteiger partial charge in [-0.1, -0.05) is 29.3 Å². The number of benzene rings is 1. The Balaban J connectivity index is 2.30. The number of aryl methyl sites for hydroxylation is 1. The maximum atomic E-state index is 10.9. The van der Waals surface area contributed by atoms with Gasteiger partial charge in [0.25, 0.3) is 0 Å². The van der Waals surface area contributed by atoms with Crippen LogP contribution in [-0.4, -0.2) is 16.1 Å². The van der Waals surface area contributed by atoms with E-state index in [2.05, 4.69) is 10.3 Å². The average Bonchev–Trinajstić information content (AvgIpc) is 2.36. The lowest BCUT2D eigenvalue weighted by Crippen LogP contribution is -2.04. The molecule has 0 fully saturated rings. The number of nitrogens with zero attached hydrogens (tertiary/aromatic N) is 1. The van der Waals surface area contributed by atoms with Crippen LogP contribution in [0.2, 0.25) is 10.0 Å². The van der Waals surface area contributed by atoms with Gasteiger partial charge in [-0.15, -0.1) is 0 Å². The molecule has 0 bridgehead atoms. The summed E-state index contributed by atoms with van der Waals surface area (Å²) < 4.78 is 0. The van der Waals surface area contributed by atoms with Crippen LogP contribution < -0.4 is 5.32 Å². The molecule has 98 valence electrons. The van der Waals surface area contributed by atoms with Crippen LogP contribution in [0.3, 0.4) is 0 Å². The number of hydrogen-bond donors (Lipinski definition) is 2. The standard InChI is InChI=1S/C13H10Cl2N2O2/c1-7-2-3-8(6-10(7)15)16-11-5-4-9(14)12(17-11)13(18)19/h2-6H,1H3,(H,16,17)(H,18,19). The number of halogens is 2. The van der Waals surface area contributed by atoms with Crippen LogP contribution in [-0.2, 0) is 0 Å². The molecule has 19 heavy (non-hydrogen) atoms. The predicted molar refractivity (Wildman–Crippen MR) is 75.7 cm³/mol. The molecule has 4 nitrogen and oxygen atoms in total. The van der Waals surface area contributed by atoms with Gasteiger partial charge >= 0.3 is 5.97 Å². The topological polar surface area (TPSA) is 62.2 Å². The highest BCUT2D eigenvalue weighted by Gasteiger charge is 2.11. The van der Waals surface area contributed by atoms with E-state index in [0.717, 1.165) is 11.3 Å². The second kappa shape index (κ2) is 5.47. The molecule has 0 amide bonds. The fourth-order valence-corrected chi connectivity index (χ4v) is 1.85. The van der Waals surface area contributed by atoms with Crippen molar-refractivity contribution in [2.24, 2.45) is 0 Å². The molecule has 0 spiro atoms. The van der Waals surface area contributed by atoms with Crippen LogP contribution in [0, 0.1) is 6.92 Å². The maximum Gasteiger partial charge on any atom is 0.356 e. The van der Waals surface area contributed by atoms with Gasteiger partial charge in [-0.2, -0.15) is 0 Å². The van der Waals surface area contributed by atoms with E-state index in [9.17, 15) is 4.79 Å². The molecule has 0 aliphatic heterocycles. The minimum absolute atomic E-state index is 0.0972. The molecule has 0 aliphatic carbocycles. The van der Waals surface area contributed by atoms with Gasteiger partial charge in [-0.3, -0.25) is 0 Å². The summed E-state index contributed by atoms with van der Waals surface area (Å²) in [4.78, 5) is 14.9. The van der Waals surface area contributed by atoms with Gasteiger partial charge in [0.1, 0.15) is 5.82 Å². The van der Waals surface area contributed by atoms with Crippen molar-refractivity contribution >= 4 is 40.7 Å². The molecular formula is C13H10Cl2N2O2. The highest BCUT2D eigenvalue weighted by molar-refractivity contribution is 6.33. The van der Waals surface area contributed by atoms with Crippen LogP contribution in [0.1, 0.15) is 16.1 Å². The van der Waals surface area contributed by atoms with Gasteiger partial charge in [0.05, 0.1) is 5.02 Å². The van der Waals surface area contributed by atoms with Crippen molar-refractivity contribution in [3.8, 4) is 0 Å². The van der Waals surface area contributed by atoms with Gasteiger partial charge in [-0.25, -0.2) is 9.78 Å². The third-order valence-corrected chi connectivity index (χ3v) is 3.21. The molecule has 6 heteroatoms. The SMILES string of the molecule is Cc1ccc(Nc2ccc(Cl)c(C(=O)O)n2)cc1Cl. The van der Waals surface area contributed by atoms with Crippen LogP contribution in [0.25, 0.3) is 0 Å². The summed E-state index contributed by atoms with van der Waals surface area (Å²) in [7, 11) is 0. The van der Waals surface area contributed by atoms with Crippen molar-refractivity contribution < 1.29 is 9.90 Å². The Kier molecular flexibility index (Phi) is 3.93. The molecular weight excluding hydrogens is 287 g/mol. The Labute approximate surface area is 120 Å². The molecule has 0 saturated carbocycles. The van der Waals surface area contributed by atoms with E-state index in [1.807, 2.05) is 19.1 Å². The van der Waals surface area contributed by atoms with E-state index in [1.165, 1.54) is 6.07 Å². The molecule has 0 atom stereocenters. The van der Waals surface area contributed by atoms with Crippen molar-refractivity contribution in [2.45, 2.75) is 6.92 Å². The number of carbonyl (C=O) groups is 1. The molecule has 0 aliphatic rings. The van der Waals surface area contributed by atoms with Crippen LogP contribution in [0.4, 0.5) is 11.5 Å². The number of pyridine rings is 1. The number of nitrogens with one attached hydrogen (secondary N) is 1. The summed E-state index contributed by atoms with van der Waals surface area (Å²) in [6.07, 6.45) is 0. The van der Waals surface area contributed by atoms with Crippen molar-refractivity contribution in [1.82, 2.24) is 4.98 Å². The fraction of sp³-hybridized carbons (Fsp3) is 0.0769. The van der Waals surface area contributed by atoms with E-state index in [1.54, 1.807) is 12.1 Å². The zero-order chi connectivity index (χ0) is 14.0. The predicted octanol–water partition coefficient (Wildman–Crippen LogP) is 4.14. The Hall–Kier alpha value is -1.78. The molecule has 1 aromatic heterocycles. The van der Waals surface area contributed by atoms with Gasteiger partial charge in [-0.05, 0) is 36.8 Å². The number of carboxylic acids is 1. The van der Waals surface area contributed by atoms with Crippen LogP contribution in [0.5, 0.6) is 0 Å². The van der Waals surface area contributed by atoms with Gasteiger partial charge in [0.2, 0.25) is 0 Å². The van der Waals surface area contributed by atoms with Crippen molar-refractivity contribution in [3.63, 3.8) is 0 Å². The first-order valence-electron chi connectivity index (χ1n) is 5.40. The number of carboxylic acid groups (broad SMARTS) is 1. The molecule has 2 aromatic rings. The van der Waals surface area contributed by atoms with Crippen molar-refractivity contribution in [3.05, 3.63) is 51.6 Å². The highest BCUT2D eigenvalue weighted by Crippen LogP contribution is 2.24. The summed E-state index contributed by atoms with van der Waals surface area (Å²) in [5.74, 6) is -0.780. The minimum atomic E-state index is -1.17. The molecule has 0 unspecified atom stereocenters. The van der Waals surface area contributed by atoms with E-state index < -0.39 is 5.97 Å². The largest absolute Gasteiger partial charge is 0.476 e. The summed E-state index contributed by atoms with van der Waals surface area (Å²) >= 11 is 11.8. The fourth-order valence-electron chi connectivity index (χ4n) is 1.48. The molecule has 0 saturated heterocycles. The van der Waals surface area contributed by atoms with Gasteiger partial charge in [0.15, 0.2) is 5.69 Å². The average molecular weight is 297 g/mol. The number of aromatic nitrogens is 1. The molecule has 2 N–H and O–H groups in total. The maximum absolute atomic E-state index is 10.9. The van der Waals surface area contributed by atoms with E-state index in [4.69, 9.17) is 28.3 Å². The molecule has 2 rings (SSSR count). The smallest absolute Gasteiger partial charge is 0.356 e. The van der Waals surface area contributed by atoms with E-state index >= 15 is 0 Å². The van der Waals surface area contributed by atoms with Gasteiger partial charge < -0.3 is 10.4 Å². The zero-order valence-corrected chi connectivity index (χ0v) is 11.5. The summed E-state index contributed by atoms with van der Waals surface area (Å²) in [6, 6.07) is 8.52. The lowest BCUT2D eigenvalue weighted by atomic mass is 10.2. The summed E-state index contributed by atoms with van der Waals surface area (Å²) in [5, 5.41) is 12.6. The Bertz CT molecular complexity index is 645. The number of aromatic carboxylic acids is 1. The van der Waals surface area contributed by atoms with Crippen LogP contribution >= 0.6 is 23.2 Å². The number of anilines is 2.